The molecule has 0 amide bonds. The van der Waals surface area contributed by atoms with Crippen LogP contribution < -0.4 is 9.62 Å². The zero-order valence-electron chi connectivity index (χ0n) is 27.1. The molecule has 5 rings (SSSR count). The molecule has 4 aromatic rings. The molecule has 0 aliphatic carbocycles. The third kappa shape index (κ3) is 9.42. The average Bonchev–Trinajstić information content (AvgIpc) is 3.38. The Morgan fingerprint density at radius 3 is 1.47 bits per heavy atom. The zero-order valence-corrected chi connectivity index (χ0v) is 28.7. The first-order valence-corrected chi connectivity index (χ1v) is 15.9. The number of rotatable bonds is 8. The Kier molecular flexibility index (Phi) is 12.6. The maximum Gasteiger partial charge on any atom is 0.416 e. The number of para-hydroxylation sites is 2. The van der Waals surface area contributed by atoms with Crippen LogP contribution in [0.15, 0.2) is 103 Å². The Labute approximate surface area is 293 Å². The van der Waals surface area contributed by atoms with Gasteiger partial charge in [-0.3, -0.25) is 0 Å². The normalized spacial score (nSPS) is 15.1. The summed E-state index contributed by atoms with van der Waals surface area (Å²) in [5, 5.41) is 20.0. The number of nitrogens with zero attached hydrogens (tertiary/aromatic N) is 4. The standard InChI is InChI=1S/C17H21B2N4.C17H14F6O2.Pd/c1-20(2)18-19(21(3)4)23(17-13-9-6-10-14-17)15-22(18)16-11-7-5-8-12-16;18-16(19,20)12-5-1-10(2-6-12)14(24)9-15(25)11-3-7-13(8-4-11)17(21,22)23;/h5-13H,1-4H3;1-8,14-15,24-25H,9H2;/q-1;;. The minimum absolute atomic E-state index is 0.156. The molecule has 0 aromatic heterocycles. The molecule has 1 saturated heterocycles. The molecule has 15 heteroatoms. The van der Waals surface area contributed by atoms with Crippen LogP contribution in [0, 0.1) is 6.07 Å². The summed E-state index contributed by atoms with van der Waals surface area (Å²) in [7, 11) is 8.49. The van der Waals surface area contributed by atoms with Crippen molar-refractivity contribution < 1.29 is 55.3 Å². The van der Waals surface area contributed by atoms with Crippen molar-refractivity contribution in [1.82, 2.24) is 9.62 Å². The minimum Gasteiger partial charge on any atom is -0.388 e. The predicted molar refractivity (Wildman–Crippen MR) is 178 cm³/mol. The summed E-state index contributed by atoms with van der Waals surface area (Å²) in [5.74, 6) is 0. The molecule has 262 valence electrons. The summed E-state index contributed by atoms with van der Waals surface area (Å²) in [6, 6.07) is 29.6. The van der Waals surface area contributed by atoms with Crippen molar-refractivity contribution in [3.8, 4) is 0 Å². The molecule has 2 N–H and O–H groups in total. The summed E-state index contributed by atoms with van der Waals surface area (Å²) >= 11 is 3.52. The molecule has 0 spiro atoms. The second kappa shape index (κ2) is 16.1. The topological polar surface area (TPSA) is 53.4 Å². The van der Waals surface area contributed by atoms with Crippen molar-refractivity contribution in [2.24, 2.45) is 0 Å². The number of aliphatic hydroxyl groups is 2. The van der Waals surface area contributed by atoms with Crippen molar-refractivity contribution >= 4 is 29.4 Å². The fourth-order valence-electron chi connectivity index (χ4n) is 5.46. The van der Waals surface area contributed by atoms with Gasteiger partial charge >= 0.3 is 169 Å². The van der Waals surface area contributed by atoms with E-state index in [0.29, 0.717) is 0 Å². The zero-order chi connectivity index (χ0) is 36.1. The van der Waals surface area contributed by atoms with Crippen LogP contribution in [0.2, 0.25) is 0 Å². The van der Waals surface area contributed by atoms with E-state index in [0.717, 1.165) is 58.4 Å². The molecule has 6 nitrogen and oxygen atoms in total. The molecule has 1 heterocycles. The molecule has 0 saturated carbocycles. The van der Waals surface area contributed by atoms with E-state index in [-0.39, 0.29) is 31.3 Å². The Balaban J connectivity index is 0.000000221. The number of anilines is 2. The van der Waals surface area contributed by atoms with Gasteiger partial charge in [0.15, 0.2) is 0 Å². The van der Waals surface area contributed by atoms with E-state index in [1.807, 2.05) is 18.2 Å². The molecular formula is C34H35B2F6N4O2Pd-. The third-order valence-corrected chi connectivity index (χ3v) is 8.65. The van der Waals surface area contributed by atoms with Gasteiger partial charge in [-0.2, -0.15) is 26.3 Å². The molecule has 2 atom stereocenters. The van der Waals surface area contributed by atoms with E-state index in [1.165, 1.54) is 5.69 Å². The third-order valence-electron chi connectivity index (χ3n) is 7.90. The smallest absolute Gasteiger partial charge is 0.388 e. The van der Waals surface area contributed by atoms with Crippen LogP contribution in [0.3, 0.4) is 0 Å². The van der Waals surface area contributed by atoms with Crippen LogP contribution in [0.25, 0.3) is 0 Å². The monoisotopic (exact) mass is 773 g/mol. The van der Waals surface area contributed by atoms with Crippen LogP contribution in [-0.4, -0.2) is 66.0 Å². The summed E-state index contributed by atoms with van der Waals surface area (Å²) in [6.07, 6.45) is -11.8. The van der Waals surface area contributed by atoms with Gasteiger partial charge in [-0.05, 0) is 35.4 Å². The fraction of sp³-hybridized carbons (Fsp3) is 0.265. The van der Waals surface area contributed by atoms with E-state index in [2.05, 4.69) is 109 Å². The van der Waals surface area contributed by atoms with E-state index in [9.17, 15) is 36.6 Å². The number of benzene rings is 4. The van der Waals surface area contributed by atoms with Crippen molar-refractivity contribution in [3.63, 3.8) is 0 Å². The van der Waals surface area contributed by atoms with Gasteiger partial charge in [-0.15, -0.1) is 0 Å². The molecule has 2 unspecified atom stereocenters. The molecule has 1 aliphatic rings. The van der Waals surface area contributed by atoms with E-state index < -0.39 is 35.7 Å². The van der Waals surface area contributed by atoms with Crippen molar-refractivity contribution in [3.05, 3.63) is 131 Å². The molecular weight excluding hydrogens is 738 g/mol. The summed E-state index contributed by atoms with van der Waals surface area (Å²) in [6.45, 7) is 0.323. The van der Waals surface area contributed by atoms with Gasteiger partial charge in [-0.1, -0.05) is 24.3 Å². The first kappa shape index (κ1) is 38.4. The summed E-state index contributed by atoms with van der Waals surface area (Å²) < 4.78 is 76.0. The van der Waals surface area contributed by atoms with Crippen molar-refractivity contribution in [2.45, 2.75) is 31.0 Å². The minimum atomic E-state index is -4.50. The van der Waals surface area contributed by atoms with Crippen molar-refractivity contribution in [1.29, 1.82) is 0 Å². The Hall–Kier alpha value is -3.44. The predicted octanol–water partition coefficient (Wildman–Crippen LogP) is 6.51. The van der Waals surface area contributed by atoms with Gasteiger partial charge in [0.05, 0.1) is 23.3 Å². The molecule has 0 radical (unpaired) electrons. The van der Waals surface area contributed by atoms with Gasteiger partial charge in [0.2, 0.25) is 0 Å². The molecule has 1 fully saturated rings. The van der Waals surface area contributed by atoms with Crippen LogP contribution >= 0.6 is 0 Å². The van der Waals surface area contributed by atoms with Crippen LogP contribution in [0.4, 0.5) is 37.7 Å². The van der Waals surface area contributed by atoms with Crippen LogP contribution in [0.1, 0.15) is 40.9 Å². The molecule has 1 aliphatic heterocycles. The van der Waals surface area contributed by atoms with Crippen molar-refractivity contribution in [2.75, 3.05) is 37.8 Å². The first-order chi connectivity index (χ1) is 23.0. The summed E-state index contributed by atoms with van der Waals surface area (Å²) in [5.41, 5.74) is 0.823. The molecule has 0 bridgehead atoms. The Morgan fingerprint density at radius 2 is 1.08 bits per heavy atom. The average molecular weight is 774 g/mol. The quantitative estimate of drug-likeness (QED) is 0.121. The summed E-state index contributed by atoms with van der Waals surface area (Å²) in [4.78, 5) is 9.16. The second-order valence-corrected chi connectivity index (χ2v) is 12.5. The number of aliphatic hydroxyl groups excluding tert-OH is 2. The number of hydrogen-bond acceptors (Lipinski definition) is 6. The maximum absolute atomic E-state index is 12.5. The Morgan fingerprint density at radius 1 is 0.653 bits per heavy atom. The number of alkyl halides is 6. The van der Waals surface area contributed by atoms with Gasteiger partial charge < -0.3 is 10.2 Å². The van der Waals surface area contributed by atoms with Gasteiger partial charge in [0.1, 0.15) is 0 Å². The van der Waals surface area contributed by atoms with E-state index in [1.54, 1.807) is 0 Å². The second-order valence-electron chi connectivity index (χ2n) is 11.8. The van der Waals surface area contributed by atoms with Crippen LogP contribution in [0.5, 0.6) is 0 Å². The van der Waals surface area contributed by atoms with Crippen LogP contribution in [-0.2, 0) is 31.1 Å². The van der Waals surface area contributed by atoms with Gasteiger partial charge in [0, 0.05) is 6.42 Å². The first-order valence-electron chi connectivity index (χ1n) is 15.1. The van der Waals surface area contributed by atoms with Gasteiger partial charge in [-0.25, -0.2) is 0 Å². The Bertz CT molecular complexity index is 1530. The number of halogens is 6. The van der Waals surface area contributed by atoms with E-state index in [4.69, 9.17) is 0 Å². The molecule has 4 aromatic carbocycles. The van der Waals surface area contributed by atoms with E-state index >= 15 is 0 Å². The number of hydrogen-bond donors (Lipinski definition) is 2. The largest absolute Gasteiger partial charge is 0.416 e. The maximum atomic E-state index is 12.5. The van der Waals surface area contributed by atoms with Gasteiger partial charge in [0.25, 0.3) is 0 Å². The molecule has 49 heavy (non-hydrogen) atoms. The SMILES string of the molecule is CN(C)B1B(N(C)C)N(c2ccccc2)[C](=[Pd])N1c1[c-]cccc1.OC(CC(O)c1ccc(C(F)(F)F)cc1)c1ccc(C(F)(F)F)cc1. The fourth-order valence-corrected chi connectivity index (χ4v) is 6.26.